The number of pyridine rings is 1. The average Bonchev–Trinajstić information content (AvgIpc) is 2.96. The predicted molar refractivity (Wildman–Crippen MR) is 94.4 cm³/mol. The zero-order valence-corrected chi connectivity index (χ0v) is 14.7. The molecule has 4 rings (SSSR count). The molecule has 0 radical (unpaired) electrons. The number of carbonyl (C=O) groups excluding carboxylic acids is 2. The molecule has 5 nitrogen and oxygen atoms in total. The predicted octanol–water partition coefficient (Wildman–Crippen LogP) is 2.52. The summed E-state index contributed by atoms with van der Waals surface area (Å²) in [6.45, 7) is 2.17. The maximum atomic E-state index is 12.5. The van der Waals surface area contributed by atoms with Crippen LogP contribution in [0.5, 0.6) is 0 Å². The summed E-state index contributed by atoms with van der Waals surface area (Å²) in [5.74, 6) is 1.13. The van der Waals surface area contributed by atoms with Crippen LogP contribution in [0.2, 0.25) is 0 Å². The van der Waals surface area contributed by atoms with Crippen LogP contribution in [0.4, 0.5) is 0 Å². The van der Waals surface area contributed by atoms with E-state index >= 15 is 0 Å². The van der Waals surface area contributed by atoms with Crippen LogP contribution >= 0.6 is 0 Å². The molecule has 0 aromatic carbocycles. The van der Waals surface area contributed by atoms with E-state index < -0.39 is 0 Å². The minimum atomic E-state index is 0.0632. The molecule has 1 N–H and O–H groups in total. The second-order valence-electron chi connectivity index (χ2n) is 8.11. The molecule has 3 fully saturated rings. The summed E-state index contributed by atoms with van der Waals surface area (Å²) in [4.78, 5) is 31.0. The molecule has 1 spiro atoms. The molecule has 2 heterocycles. The molecule has 2 amide bonds. The average molecular weight is 341 g/mol. The lowest BCUT2D eigenvalue weighted by Gasteiger charge is -2.19. The molecule has 3 aliphatic rings. The Hall–Kier alpha value is -1.91. The first-order chi connectivity index (χ1) is 12.2. The molecule has 134 valence electrons. The Balaban J connectivity index is 1.25. The molecular formula is C20H27N3O2. The van der Waals surface area contributed by atoms with Gasteiger partial charge in [-0.1, -0.05) is 12.8 Å². The van der Waals surface area contributed by atoms with Crippen molar-refractivity contribution in [1.82, 2.24) is 15.2 Å². The number of amides is 2. The molecule has 25 heavy (non-hydrogen) atoms. The number of nitrogens with zero attached hydrogens (tertiary/aromatic N) is 2. The minimum absolute atomic E-state index is 0.0632. The SMILES string of the molecule is O=C(NCc1ccncc1)[C@@H]1C[C@]12CCN(C(=O)CC1CCCC1)C2. The van der Waals surface area contributed by atoms with E-state index in [-0.39, 0.29) is 17.2 Å². The second kappa shape index (κ2) is 6.77. The van der Waals surface area contributed by atoms with Crippen LogP contribution in [-0.2, 0) is 16.1 Å². The molecule has 1 aromatic rings. The van der Waals surface area contributed by atoms with E-state index in [0.29, 0.717) is 18.4 Å². The zero-order valence-electron chi connectivity index (χ0n) is 14.7. The van der Waals surface area contributed by atoms with Crippen molar-refractivity contribution in [3.8, 4) is 0 Å². The van der Waals surface area contributed by atoms with E-state index in [2.05, 4.69) is 10.3 Å². The van der Waals surface area contributed by atoms with Crippen LogP contribution in [-0.4, -0.2) is 34.8 Å². The highest BCUT2D eigenvalue weighted by Crippen LogP contribution is 2.58. The second-order valence-corrected chi connectivity index (χ2v) is 8.11. The van der Waals surface area contributed by atoms with Crippen molar-refractivity contribution < 1.29 is 9.59 Å². The van der Waals surface area contributed by atoms with Crippen molar-refractivity contribution in [1.29, 1.82) is 0 Å². The smallest absolute Gasteiger partial charge is 0.224 e. The number of aromatic nitrogens is 1. The zero-order chi connectivity index (χ0) is 17.3. The highest BCUT2D eigenvalue weighted by molar-refractivity contribution is 5.83. The molecule has 2 atom stereocenters. The van der Waals surface area contributed by atoms with Crippen LogP contribution in [0.3, 0.4) is 0 Å². The molecule has 0 bridgehead atoms. The van der Waals surface area contributed by atoms with Crippen LogP contribution in [0, 0.1) is 17.3 Å². The molecule has 1 aliphatic heterocycles. The van der Waals surface area contributed by atoms with Gasteiger partial charge in [0.15, 0.2) is 0 Å². The third-order valence-corrected chi connectivity index (χ3v) is 6.40. The lowest BCUT2D eigenvalue weighted by Crippen LogP contribution is -2.32. The summed E-state index contributed by atoms with van der Waals surface area (Å²) in [5, 5.41) is 3.04. The van der Waals surface area contributed by atoms with E-state index in [1.54, 1.807) is 12.4 Å². The topological polar surface area (TPSA) is 62.3 Å². The van der Waals surface area contributed by atoms with Gasteiger partial charge in [0.1, 0.15) is 0 Å². The minimum Gasteiger partial charge on any atom is -0.352 e. The summed E-state index contributed by atoms with van der Waals surface area (Å²) in [7, 11) is 0. The third kappa shape index (κ3) is 3.55. The lowest BCUT2D eigenvalue weighted by molar-refractivity contribution is -0.131. The summed E-state index contributed by atoms with van der Waals surface area (Å²) >= 11 is 0. The van der Waals surface area contributed by atoms with Gasteiger partial charge in [-0.3, -0.25) is 14.6 Å². The molecule has 2 saturated carbocycles. The van der Waals surface area contributed by atoms with Gasteiger partial charge in [-0.2, -0.15) is 0 Å². The van der Waals surface area contributed by atoms with Gasteiger partial charge in [0.2, 0.25) is 11.8 Å². The molecule has 1 saturated heterocycles. The van der Waals surface area contributed by atoms with E-state index in [0.717, 1.165) is 37.9 Å². The number of hydrogen-bond donors (Lipinski definition) is 1. The normalized spacial score (nSPS) is 28.5. The quantitative estimate of drug-likeness (QED) is 0.895. The third-order valence-electron chi connectivity index (χ3n) is 6.40. The van der Waals surface area contributed by atoms with Crippen molar-refractivity contribution in [3.63, 3.8) is 0 Å². The van der Waals surface area contributed by atoms with Gasteiger partial charge in [0.05, 0.1) is 0 Å². The Labute approximate surface area is 149 Å². The molecular weight excluding hydrogens is 314 g/mol. The van der Waals surface area contributed by atoms with E-state index in [4.69, 9.17) is 0 Å². The monoisotopic (exact) mass is 341 g/mol. The largest absolute Gasteiger partial charge is 0.352 e. The first-order valence-corrected chi connectivity index (χ1v) is 9.61. The van der Waals surface area contributed by atoms with E-state index in [1.165, 1.54) is 25.7 Å². The number of carbonyl (C=O) groups is 2. The van der Waals surface area contributed by atoms with Crippen molar-refractivity contribution in [3.05, 3.63) is 30.1 Å². The summed E-state index contributed by atoms with van der Waals surface area (Å²) in [6, 6.07) is 3.84. The molecule has 2 aliphatic carbocycles. The fourth-order valence-corrected chi connectivity index (χ4v) is 4.68. The van der Waals surface area contributed by atoms with E-state index in [9.17, 15) is 9.59 Å². The van der Waals surface area contributed by atoms with Gasteiger partial charge in [0, 0.05) is 49.8 Å². The summed E-state index contributed by atoms with van der Waals surface area (Å²) < 4.78 is 0. The number of likely N-dealkylation sites (tertiary alicyclic amines) is 1. The first kappa shape index (κ1) is 16.6. The molecule has 1 aromatic heterocycles. The molecule has 5 heteroatoms. The van der Waals surface area contributed by atoms with Crippen molar-refractivity contribution in [2.45, 2.75) is 51.5 Å². The van der Waals surface area contributed by atoms with Crippen LogP contribution in [0.25, 0.3) is 0 Å². The maximum Gasteiger partial charge on any atom is 0.224 e. The standard InChI is InChI=1S/C20H27N3O2/c24-18(11-15-3-1-2-4-15)23-10-7-20(14-23)12-17(20)19(25)22-13-16-5-8-21-9-6-16/h5-6,8-9,15,17H,1-4,7,10-14H2,(H,22,25)/t17-,20-/m0/s1. The number of nitrogens with one attached hydrogen (secondary N) is 1. The summed E-state index contributed by atoms with van der Waals surface area (Å²) in [5.41, 5.74) is 1.13. The van der Waals surface area contributed by atoms with Gasteiger partial charge >= 0.3 is 0 Å². The van der Waals surface area contributed by atoms with Gasteiger partial charge < -0.3 is 10.2 Å². The van der Waals surface area contributed by atoms with Crippen LogP contribution < -0.4 is 5.32 Å². The van der Waals surface area contributed by atoms with Crippen LogP contribution in [0.1, 0.15) is 50.5 Å². The van der Waals surface area contributed by atoms with Gasteiger partial charge in [0.25, 0.3) is 0 Å². The van der Waals surface area contributed by atoms with Crippen LogP contribution in [0.15, 0.2) is 24.5 Å². The Morgan fingerprint density at radius 1 is 1.24 bits per heavy atom. The first-order valence-electron chi connectivity index (χ1n) is 9.61. The molecule has 0 unspecified atom stereocenters. The highest BCUT2D eigenvalue weighted by atomic mass is 16.2. The summed E-state index contributed by atoms with van der Waals surface area (Å²) in [6.07, 6.45) is 11.1. The Morgan fingerprint density at radius 3 is 2.76 bits per heavy atom. The highest BCUT2D eigenvalue weighted by Gasteiger charge is 2.61. The van der Waals surface area contributed by atoms with Crippen molar-refractivity contribution in [2.75, 3.05) is 13.1 Å². The van der Waals surface area contributed by atoms with Crippen molar-refractivity contribution in [2.24, 2.45) is 17.3 Å². The van der Waals surface area contributed by atoms with Gasteiger partial charge in [-0.15, -0.1) is 0 Å². The fourth-order valence-electron chi connectivity index (χ4n) is 4.68. The van der Waals surface area contributed by atoms with Gasteiger partial charge in [-0.25, -0.2) is 0 Å². The van der Waals surface area contributed by atoms with Gasteiger partial charge in [-0.05, 0) is 49.3 Å². The fraction of sp³-hybridized carbons (Fsp3) is 0.650. The number of hydrogen-bond acceptors (Lipinski definition) is 3. The maximum absolute atomic E-state index is 12.5. The number of rotatable bonds is 5. The Morgan fingerprint density at radius 2 is 2.00 bits per heavy atom. The Kier molecular flexibility index (Phi) is 4.48. The van der Waals surface area contributed by atoms with Crippen molar-refractivity contribution >= 4 is 11.8 Å². The Bertz CT molecular complexity index is 642. The lowest BCUT2D eigenvalue weighted by atomic mass is 10.0. The van der Waals surface area contributed by atoms with E-state index in [1.807, 2.05) is 17.0 Å².